The van der Waals surface area contributed by atoms with E-state index in [1.165, 1.54) is 5.56 Å². The topological polar surface area (TPSA) is 46.5 Å². The van der Waals surface area contributed by atoms with Crippen molar-refractivity contribution >= 4 is 16.1 Å². The first-order valence-corrected chi connectivity index (χ1v) is 8.12. The van der Waals surface area contributed by atoms with Crippen molar-refractivity contribution in [2.45, 2.75) is 32.2 Å². The molecule has 0 radical (unpaired) electrons. The van der Waals surface area contributed by atoms with Crippen LogP contribution in [0.4, 0.5) is 0 Å². The molecule has 4 heteroatoms. The molecule has 0 aromatic heterocycles. The molecule has 1 atom stereocenters. The minimum atomic E-state index is -2.83. The van der Waals surface area contributed by atoms with Gasteiger partial charge in [0.25, 0.3) is 0 Å². The van der Waals surface area contributed by atoms with Crippen LogP contribution in [0.5, 0.6) is 0 Å². The van der Waals surface area contributed by atoms with Gasteiger partial charge in [-0.25, -0.2) is 8.42 Å². The van der Waals surface area contributed by atoms with Crippen molar-refractivity contribution < 1.29 is 8.42 Å². The fraction of sp³-hybridized carbons (Fsp3) is 0.500. The van der Waals surface area contributed by atoms with Crippen LogP contribution in [0.25, 0.3) is 0 Å². The number of aliphatic imine (C=N–C) groups is 1. The second-order valence-corrected chi connectivity index (χ2v) is 7.39. The summed E-state index contributed by atoms with van der Waals surface area (Å²) in [5, 5.41) is 0. The number of hydrogen-bond donors (Lipinski definition) is 0. The Balaban J connectivity index is 2.01. The Hall–Kier alpha value is -1.16. The van der Waals surface area contributed by atoms with E-state index in [0.717, 1.165) is 5.56 Å². The molecule has 1 aromatic carbocycles. The zero-order valence-corrected chi connectivity index (χ0v) is 11.7. The summed E-state index contributed by atoms with van der Waals surface area (Å²) in [6.45, 7) is 4.32. The van der Waals surface area contributed by atoms with Crippen LogP contribution in [-0.4, -0.2) is 32.2 Å². The van der Waals surface area contributed by atoms with E-state index in [2.05, 4.69) is 31.0 Å². The van der Waals surface area contributed by atoms with Gasteiger partial charge in [-0.2, -0.15) is 0 Å². The molecule has 1 aromatic rings. The number of nitrogens with zero attached hydrogens (tertiary/aromatic N) is 1. The Morgan fingerprint density at radius 3 is 2.44 bits per heavy atom. The highest BCUT2D eigenvalue weighted by Gasteiger charge is 2.26. The molecule has 0 aliphatic carbocycles. The van der Waals surface area contributed by atoms with Crippen molar-refractivity contribution in [3.05, 3.63) is 35.4 Å². The van der Waals surface area contributed by atoms with Crippen LogP contribution in [0.1, 0.15) is 37.3 Å². The molecule has 1 aliphatic rings. The molecule has 3 nitrogen and oxygen atoms in total. The lowest BCUT2D eigenvalue weighted by molar-refractivity contribution is 0.601. The van der Waals surface area contributed by atoms with Gasteiger partial charge in [-0.15, -0.1) is 0 Å². The summed E-state index contributed by atoms with van der Waals surface area (Å²) in [5.41, 5.74) is 2.33. The van der Waals surface area contributed by atoms with Crippen LogP contribution < -0.4 is 0 Å². The van der Waals surface area contributed by atoms with E-state index in [1.54, 1.807) is 6.21 Å². The van der Waals surface area contributed by atoms with Gasteiger partial charge in [0.1, 0.15) is 0 Å². The number of benzene rings is 1. The summed E-state index contributed by atoms with van der Waals surface area (Å²) in [6, 6.07) is 8.19. The molecular formula is C14H19NO2S. The van der Waals surface area contributed by atoms with Crippen LogP contribution in [-0.2, 0) is 9.84 Å². The third-order valence-corrected chi connectivity index (χ3v) is 5.00. The first-order chi connectivity index (χ1) is 8.46. The Morgan fingerprint density at radius 1 is 1.28 bits per heavy atom. The molecule has 1 heterocycles. The van der Waals surface area contributed by atoms with E-state index in [4.69, 9.17) is 0 Å². The van der Waals surface area contributed by atoms with Crippen molar-refractivity contribution in [2.75, 3.05) is 11.5 Å². The Morgan fingerprint density at radius 2 is 1.94 bits per heavy atom. The summed E-state index contributed by atoms with van der Waals surface area (Å²) < 4.78 is 22.6. The highest BCUT2D eigenvalue weighted by Crippen LogP contribution is 2.16. The molecule has 0 unspecified atom stereocenters. The van der Waals surface area contributed by atoms with Crippen molar-refractivity contribution in [3.8, 4) is 0 Å². The Bertz CT molecular complexity index is 529. The second-order valence-electron chi connectivity index (χ2n) is 5.16. The fourth-order valence-corrected chi connectivity index (χ4v) is 3.69. The standard InChI is InChI=1S/C14H19NO2S/c1-11(2)13-5-3-12(4-6-13)9-15-14-7-8-18(16,17)10-14/h3-6,9,11,14H,7-8,10H2,1-2H3/t14-/m1/s1. The summed E-state index contributed by atoms with van der Waals surface area (Å²) in [7, 11) is -2.83. The molecule has 18 heavy (non-hydrogen) atoms. The summed E-state index contributed by atoms with van der Waals surface area (Å²) in [5.74, 6) is 1.01. The summed E-state index contributed by atoms with van der Waals surface area (Å²) in [4.78, 5) is 4.36. The highest BCUT2D eigenvalue weighted by atomic mass is 32.2. The Labute approximate surface area is 109 Å². The normalized spacial score (nSPS) is 22.9. The quantitative estimate of drug-likeness (QED) is 0.788. The molecule has 0 spiro atoms. The van der Waals surface area contributed by atoms with Crippen molar-refractivity contribution in [2.24, 2.45) is 4.99 Å². The van der Waals surface area contributed by atoms with Gasteiger partial charge in [0, 0.05) is 6.21 Å². The highest BCUT2D eigenvalue weighted by molar-refractivity contribution is 7.91. The monoisotopic (exact) mass is 265 g/mol. The first kappa shape index (κ1) is 13.3. The van der Waals surface area contributed by atoms with E-state index in [-0.39, 0.29) is 17.5 Å². The molecule has 2 rings (SSSR count). The minimum absolute atomic E-state index is 0.0558. The summed E-state index contributed by atoms with van der Waals surface area (Å²) >= 11 is 0. The largest absolute Gasteiger partial charge is 0.288 e. The first-order valence-electron chi connectivity index (χ1n) is 6.30. The van der Waals surface area contributed by atoms with Gasteiger partial charge in [-0.3, -0.25) is 4.99 Å². The molecule has 0 N–H and O–H groups in total. The van der Waals surface area contributed by atoms with Crippen LogP contribution in [0, 0.1) is 0 Å². The van der Waals surface area contributed by atoms with Crippen molar-refractivity contribution in [1.29, 1.82) is 0 Å². The van der Waals surface area contributed by atoms with Crippen LogP contribution in [0.3, 0.4) is 0 Å². The predicted molar refractivity (Wildman–Crippen MR) is 75.2 cm³/mol. The van der Waals surface area contributed by atoms with E-state index >= 15 is 0 Å². The smallest absolute Gasteiger partial charge is 0.152 e. The Kier molecular flexibility index (Phi) is 3.85. The molecular weight excluding hydrogens is 246 g/mol. The lowest BCUT2D eigenvalue weighted by Gasteiger charge is -2.05. The maximum Gasteiger partial charge on any atom is 0.152 e. The third kappa shape index (κ3) is 3.42. The van der Waals surface area contributed by atoms with E-state index in [0.29, 0.717) is 12.3 Å². The summed E-state index contributed by atoms with van der Waals surface area (Å²) in [6.07, 6.45) is 2.44. The van der Waals surface area contributed by atoms with Gasteiger partial charge >= 0.3 is 0 Å². The van der Waals surface area contributed by atoms with E-state index < -0.39 is 9.84 Å². The zero-order chi connectivity index (χ0) is 13.2. The van der Waals surface area contributed by atoms with E-state index in [9.17, 15) is 8.42 Å². The van der Waals surface area contributed by atoms with Crippen LogP contribution in [0.2, 0.25) is 0 Å². The van der Waals surface area contributed by atoms with Gasteiger partial charge in [-0.05, 0) is 23.5 Å². The average molecular weight is 265 g/mol. The molecule has 0 amide bonds. The van der Waals surface area contributed by atoms with Gasteiger partial charge in [0.15, 0.2) is 9.84 Å². The maximum absolute atomic E-state index is 11.3. The number of rotatable bonds is 3. The lowest BCUT2D eigenvalue weighted by atomic mass is 10.0. The average Bonchev–Trinajstić information content (AvgIpc) is 2.67. The molecule has 1 saturated heterocycles. The van der Waals surface area contributed by atoms with E-state index in [1.807, 2.05) is 12.1 Å². The molecule has 1 fully saturated rings. The second kappa shape index (κ2) is 5.22. The van der Waals surface area contributed by atoms with Gasteiger partial charge in [0.05, 0.1) is 17.5 Å². The number of hydrogen-bond acceptors (Lipinski definition) is 3. The molecule has 0 saturated carbocycles. The lowest BCUT2D eigenvalue weighted by Crippen LogP contribution is -2.07. The fourth-order valence-electron chi connectivity index (χ4n) is 2.05. The van der Waals surface area contributed by atoms with Crippen LogP contribution >= 0.6 is 0 Å². The van der Waals surface area contributed by atoms with Crippen molar-refractivity contribution in [3.63, 3.8) is 0 Å². The third-order valence-electron chi connectivity index (χ3n) is 3.25. The van der Waals surface area contributed by atoms with Gasteiger partial charge < -0.3 is 0 Å². The zero-order valence-electron chi connectivity index (χ0n) is 10.8. The van der Waals surface area contributed by atoms with Gasteiger partial charge in [0.2, 0.25) is 0 Å². The SMILES string of the molecule is CC(C)c1ccc(C=N[C@@H]2CCS(=O)(=O)C2)cc1. The molecule has 1 aliphatic heterocycles. The maximum atomic E-state index is 11.3. The van der Waals surface area contributed by atoms with Gasteiger partial charge in [-0.1, -0.05) is 38.1 Å². The predicted octanol–water partition coefficient (Wildman–Crippen LogP) is 2.42. The molecule has 0 bridgehead atoms. The van der Waals surface area contributed by atoms with Crippen molar-refractivity contribution in [1.82, 2.24) is 0 Å². The van der Waals surface area contributed by atoms with Crippen LogP contribution in [0.15, 0.2) is 29.3 Å². The minimum Gasteiger partial charge on any atom is -0.288 e. The number of sulfone groups is 1. The molecule has 98 valence electrons.